The van der Waals surface area contributed by atoms with Gasteiger partial charge in [0.15, 0.2) is 6.10 Å². The fourth-order valence-electron chi connectivity index (χ4n) is 4.25. The summed E-state index contributed by atoms with van der Waals surface area (Å²) < 4.78 is 17.0. The van der Waals surface area contributed by atoms with Gasteiger partial charge in [0.1, 0.15) is 17.3 Å². The number of fused-ring (bicyclic) bond motifs is 1. The van der Waals surface area contributed by atoms with Gasteiger partial charge < -0.3 is 23.9 Å². The Kier molecular flexibility index (Phi) is 8.81. The number of nitrogens with zero attached hydrogens (tertiary/aromatic N) is 1. The summed E-state index contributed by atoms with van der Waals surface area (Å²) in [6, 6.07) is 22.8. The van der Waals surface area contributed by atoms with Gasteiger partial charge in [-0.1, -0.05) is 43.3 Å². The van der Waals surface area contributed by atoms with E-state index in [4.69, 9.17) is 13.9 Å². The fourth-order valence-corrected chi connectivity index (χ4v) is 4.25. The number of rotatable bonds is 12. The van der Waals surface area contributed by atoms with Crippen LogP contribution in [0.5, 0.6) is 5.75 Å². The molecule has 198 valence electrons. The fraction of sp³-hybridized carbons (Fsp3) is 0.290. The van der Waals surface area contributed by atoms with Crippen molar-refractivity contribution in [3.8, 4) is 17.1 Å². The second-order valence-corrected chi connectivity index (χ2v) is 9.18. The van der Waals surface area contributed by atoms with Gasteiger partial charge in [-0.25, -0.2) is 4.79 Å². The molecule has 7 heteroatoms. The van der Waals surface area contributed by atoms with E-state index in [0.717, 1.165) is 34.1 Å². The second kappa shape index (κ2) is 12.4. The van der Waals surface area contributed by atoms with E-state index in [1.165, 1.54) is 0 Å². The highest BCUT2D eigenvalue weighted by molar-refractivity contribution is 5.98. The molecule has 1 amide bonds. The van der Waals surface area contributed by atoms with Crippen molar-refractivity contribution in [3.63, 3.8) is 0 Å². The SMILES string of the molecule is CCCOc1ccc2cc(C(=O)N(C)Cc3ccc(-c4ccc(C[C@H](OCC)C(=O)O)cc4)o3)ccc2c1. The predicted octanol–water partition coefficient (Wildman–Crippen LogP) is 6.19. The second-order valence-electron chi connectivity index (χ2n) is 9.18. The van der Waals surface area contributed by atoms with Crippen LogP contribution in [0, 0.1) is 0 Å². The summed E-state index contributed by atoms with van der Waals surface area (Å²) in [5, 5.41) is 11.3. The van der Waals surface area contributed by atoms with Gasteiger partial charge in [0, 0.05) is 31.2 Å². The molecule has 0 bridgehead atoms. The van der Waals surface area contributed by atoms with Gasteiger partial charge in [-0.15, -0.1) is 0 Å². The van der Waals surface area contributed by atoms with Gasteiger partial charge in [0.2, 0.25) is 0 Å². The first-order valence-electron chi connectivity index (χ1n) is 12.8. The van der Waals surface area contributed by atoms with Crippen molar-refractivity contribution in [2.75, 3.05) is 20.3 Å². The molecule has 1 heterocycles. The van der Waals surface area contributed by atoms with Crippen LogP contribution in [-0.4, -0.2) is 48.2 Å². The first-order valence-corrected chi connectivity index (χ1v) is 12.8. The number of aliphatic carboxylic acids is 1. The van der Waals surface area contributed by atoms with Crippen molar-refractivity contribution in [1.29, 1.82) is 0 Å². The summed E-state index contributed by atoms with van der Waals surface area (Å²) in [7, 11) is 1.75. The van der Waals surface area contributed by atoms with E-state index in [1.807, 2.05) is 72.8 Å². The average molecular weight is 516 g/mol. The summed E-state index contributed by atoms with van der Waals surface area (Å²) in [5.41, 5.74) is 2.34. The summed E-state index contributed by atoms with van der Waals surface area (Å²) in [6.45, 7) is 5.19. The molecule has 7 nitrogen and oxygen atoms in total. The molecule has 1 atom stereocenters. The Morgan fingerprint density at radius 3 is 2.39 bits per heavy atom. The van der Waals surface area contributed by atoms with Crippen LogP contribution in [0.25, 0.3) is 22.1 Å². The third kappa shape index (κ3) is 6.61. The van der Waals surface area contributed by atoms with Crippen molar-refractivity contribution in [2.24, 2.45) is 0 Å². The molecule has 0 radical (unpaired) electrons. The predicted molar refractivity (Wildman–Crippen MR) is 146 cm³/mol. The molecule has 38 heavy (non-hydrogen) atoms. The largest absolute Gasteiger partial charge is 0.494 e. The van der Waals surface area contributed by atoms with E-state index in [1.54, 1.807) is 18.9 Å². The first kappa shape index (κ1) is 26.9. The Balaban J connectivity index is 1.39. The number of furan rings is 1. The molecule has 0 unspecified atom stereocenters. The lowest BCUT2D eigenvalue weighted by atomic mass is 10.0. The van der Waals surface area contributed by atoms with Crippen LogP contribution in [0.1, 0.15) is 41.9 Å². The van der Waals surface area contributed by atoms with Gasteiger partial charge in [0.25, 0.3) is 5.91 Å². The van der Waals surface area contributed by atoms with Crippen molar-refractivity contribution in [2.45, 2.75) is 39.3 Å². The summed E-state index contributed by atoms with van der Waals surface area (Å²) >= 11 is 0. The molecule has 0 aliphatic rings. The van der Waals surface area contributed by atoms with Crippen LogP contribution < -0.4 is 4.74 Å². The number of ether oxygens (including phenoxy) is 2. The number of carboxylic acid groups (broad SMARTS) is 1. The zero-order valence-electron chi connectivity index (χ0n) is 22.0. The quantitative estimate of drug-likeness (QED) is 0.242. The maximum Gasteiger partial charge on any atom is 0.333 e. The molecule has 1 aromatic heterocycles. The molecule has 0 spiro atoms. The topological polar surface area (TPSA) is 89.2 Å². The average Bonchev–Trinajstić information content (AvgIpc) is 3.39. The maximum atomic E-state index is 13.1. The summed E-state index contributed by atoms with van der Waals surface area (Å²) in [4.78, 5) is 26.1. The smallest absolute Gasteiger partial charge is 0.333 e. The third-order valence-electron chi connectivity index (χ3n) is 6.24. The van der Waals surface area contributed by atoms with Crippen molar-refractivity contribution in [1.82, 2.24) is 4.90 Å². The molecule has 0 saturated heterocycles. The normalized spacial score (nSPS) is 11.9. The minimum atomic E-state index is -0.972. The summed E-state index contributed by atoms with van der Waals surface area (Å²) in [5.74, 6) is 1.11. The minimum Gasteiger partial charge on any atom is -0.494 e. The van der Waals surface area contributed by atoms with Crippen LogP contribution in [0.15, 0.2) is 77.2 Å². The Hall–Kier alpha value is -4.10. The molecular weight excluding hydrogens is 482 g/mol. The minimum absolute atomic E-state index is 0.0946. The lowest BCUT2D eigenvalue weighted by Gasteiger charge is -2.16. The zero-order valence-corrected chi connectivity index (χ0v) is 22.0. The van der Waals surface area contributed by atoms with Gasteiger partial charge >= 0.3 is 5.97 Å². The number of hydrogen-bond donors (Lipinski definition) is 1. The van der Waals surface area contributed by atoms with Gasteiger partial charge in [-0.2, -0.15) is 0 Å². The van der Waals surface area contributed by atoms with Crippen LogP contribution in [-0.2, 0) is 22.5 Å². The van der Waals surface area contributed by atoms with Gasteiger partial charge in [0.05, 0.1) is 13.2 Å². The monoisotopic (exact) mass is 515 g/mol. The Morgan fingerprint density at radius 1 is 0.947 bits per heavy atom. The lowest BCUT2D eigenvalue weighted by molar-refractivity contribution is -0.149. The van der Waals surface area contributed by atoms with Gasteiger partial charge in [-0.3, -0.25) is 4.79 Å². The van der Waals surface area contributed by atoms with E-state index < -0.39 is 12.1 Å². The number of carboxylic acids is 1. The molecule has 0 aliphatic heterocycles. The molecule has 4 aromatic rings. The van der Waals surface area contributed by atoms with Crippen molar-refractivity contribution < 1.29 is 28.6 Å². The van der Waals surface area contributed by atoms with E-state index >= 15 is 0 Å². The molecule has 1 N–H and O–H groups in total. The Morgan fingerprint density at radius 2 is 1.68 bits per heavy atom. The van der Waals surface area contributed by atoms with Crippen molar-refractivity contribution >= 4 is 22.6 Å². The Bertz CT molecular complexity index is 1390. The zero-order chi connectivity index (χ0) is 27.1. The number of carbonyl (C=O) groups excluding carboxylic acids is 1. The molecule has 0 aliphatic carbocycles. The van der Waals surface area contributed by atoms with Crippen molar-refractivity contribution in [3.05, 3.63) is 89.7 Å². The lowest BCUT2D eigenvalue weighted by Crippen LogP contribution is -2.26. The summed E-state index contributed by atoms with van der Waals surface area (Å²) in [6.07, 6.45) is 0.377. The number of amides is 1. The molecule has 3 aromatic carbocycles. The molecular formula is C31H33NO6. The first-order chi connectivity index (χ1) is 18.4. The maximum absolute atomic E-state index is 13.1. The van der Waals surface area contributed by atoms with E-state index in [2.05, 4.69) is 6.92 Å². The van der Waals surface area contributed by atoms with Crippen LogP contribution in [0.3, 0.4) is 0 Å². The Labute approximate surface area is 222 Å². The number of hydrogen-bond acceptors (Lipinski definition) is 5. The highest BCUT2D eigenvalue weighted by Crippen LogP contribution is 2.25. The molecule has 4 rings (SSSR count). The number of benzene rings is 3. The molecule has 0 saturated carbocycles. The standard InChI is InChI=1S/C31H33NO6/c1-4-16-37-26-13-12-23-18-25(11-10-24(23)19-26)30(33)32(3)20-27-14-15-28(38-27)22-8-6-21(7-9-22)17-29(31(34)35)36-5-2/h6-15,18-19,29H,4-5,16-17,20H2,1-3H3,(H,34,35)/t29-/m0/s1. The van der Waals surface area contributed by atoms with Crippen LogP contribution >= 0.6 is 0 Å². The van der Waals surface area contributed by atoms with E-state index in [-0.39, 0.29) is 5.91 Å². The van der Waals surface area contributed by atoms with Crippen LogP contribution in [0.2, 0.25) is 0 Å². The highest BCUT2D eigenvalue weighted by Gasteiger charge is 2.18. The third-order valence-corrected chi connectivity index (χ3v) is 6.24. The van der Waals surface area contributed by atoms with E-state index in [9.17, 15) is 14.7 Å². The van der Waals surface area contributed by atoms with Gasteiger partial charge in [-0.05, 0) is 66.1 Å². The van der Waals surface area contributed by atoms with E-state index in [0.29, 0.717) is 43.3 Å². The molecule has 0 fully saturated rings. The number of carbonyl (C=O) groups is 2. The highest BCUT2D eigenvalue weighted by atomic mass is 16.5. The van der Waals surface area contributed by atoms with Crippen LogP contribution in [0.4, 0.5) is 0 Å².